The Morgan fingerprint density at radius 3 is 2.31 bits per heavy atom. The molecule has 72 valence electrons. The molecule has 1 aliphatic rings. The molecule has 4 heteroatoms. The monoisotopic (exact) mass is 182 g/mol. The summed E-state index contributed by atoms with van der Waals surface area (Å²) in [7, 11) is 4.12. The standard InChI is InChI=1S/C7H11N2.C2H4O2/c1-4-7-8-5-6-9(7,2)3;1-2(3)4/h4-6H,1H2,2-3H3;1H3,(H,3,4)/q+1;/p-1. The lowest BCUT2D eigenvalue weighted by Gasteiger charge is -2.18. The maximum absolute atomic E-state index is 8.89. The highest BCUT2D eigenvalue weighted by Gasteiger charge is 2.21. The van der Waals surface area contributed by atoms with Crippen LogP contribution >= 0.6 is 0 Å². The van der Waals surface area contributed by atoms with Gasteiger partial charge in [0.25, 0.3) is 0 Å². The third-order valence-electron chi connectivity index (χ3n) is 1.42. The molecule has 0 aromatic carbocycles. The van der Waals surface area contributed by atoms with Crippen LogP contribution in [0.2, 0.25) is 0 Å². The van der Waals surface area contributed by atoms with Crippen LogP contribution in [0.5, 0.6) is 0 Å². The molecule has 4 nitrogen and oxygen atoms in total. The number of aliphatic imine (C=N–C) groups is 1. The molecule has 0 saturated heterocycles. The number of likely N-dealkylation sites (N-methyl/N-ethyl adjacent to an activating group) is 1. The molecule has 0 aromatic heterocycles. The third kappa shape index (κ3) is 4.22. The fourth-order valence-electron chi connectivity index (χ4n) is 0.790. The number of nitrogens with zero attached hydrogens (tertiary/aromatic N) is 2. The predicted molar refractivity (Wildman–Crippen MR) is 49.6 cm³/mol. The molecule has 0 atom stereocenters. The van der Waals surface area contributed by atoms with E-state index in [0.717, 1.165) is 12.8 Å². The molecule has 0 saturated carbocycles. The molecule has 0 amide bonds. The van der Waals surface area contributed by atoms with E-state index in [-0.39, 0.29) is 0 Å². The second kappa shape index (κ2) is 4.57. The molecule has 0 radical (unpaired) electrons. The third-order valence-corrected chi connectivity index (χ3v) is 1.42. The predicted octanol–water partition coefficient (Wildman–Crippen LogP) is -0.112. The minimum absolute atomic E-state index is 0.712. The quantitative estimate of drug-likeness (QED) is 0.531. The van der Waals surface area contributed by atoms with Gasteiger partial charge in [0.2, 0.25) is 5.84 Å². The van der Waals surface area contributed by atoms with Crippen molar-refractivity contribution in [2.24, 2.45) is 4.99 Å². The second-order valence-electron chi connectivity index (χ2n) is 3.02. The molecule has 0 unspecified atom stereocenters. The molecule has 0 N–H and O–H groups in total. The number of carboxylic acids is 1. The zero-order valence-electron chi connectivity index (χ0n) is 8.15. The Labute approximate surface area is 78.1 Å². The fraction of sp³-hybridized carbons (Fsp3) is 0.333. The summed E-state index contributed by atoms with van der Waals surface area (Å²) >= 11 is 0. The van der Waals surface area contributed by atoms with E-state index in [0.29, 0.717) is 4.48 Å². The van der Waals surface area contributed by atoms with Crippen LogP contribution < -0.4 is 5.11 Å². The van der Waals surface area contributed by atoms with Crippen molar-refractivity contribution in [3.63, 3.8) is 0 Å². The second-order valence-corrected chi connectivity index (χ2v) is 3.02. The summed E-state index contributed by atoms with van der Waals surface area (Å²) < 4.78 is 0.712. The Morgan fingerprint density at radius 1 is 1.69 bits per heavy atom. The number of carboxylic acid groups (broad SMARTS) is 1. The van der Waals surface area contributed by atoms with Crippen molar-refractivity contribution < 1.29 is 14.4 Å². The van der Waals surface area contributed by atoms with Gasteiger partial charge in [-0.15, -0.1) is 0 Å². The van der Waals surface area contributed by atoms with E-state index in [1.165, 1.54) is 0 Å². The smallest absolute Gasteiger partial charge is 0.231 e. The molecule has 0 bridgehead atoms. The van der Waals surface area contributed by atoms with Crippen molar-refractivity contribution in [3.05, 3.63) is 25.1 Å². The van der Waals surface area contributed by atoms with Crippen molar-refractivity contribution in [3.8, 4) is 0 Å². The fourth-order valence-corrected chi connectivity index (χ4v) is 0.790. The first-order valence-corrected chi connectivity index (χ1v) is 3.80. The normalized spacial score (nSPS) is 17.0. The SMILES string of the molecule is C=CC1=NC=C[N+]1(C)C.CC(=O)[O-]. The number of hydrogen-bond donors (Lipinski definition) is 0. The summed E-state index contributed by atoms with van der Waals surface area (Å²) in [5.74, 6) is -0.0880. The van der Waals surface area contributed by atoms with Gasteiger partial charge in [-0.1, -0.05) is 6.58 Å². The van der Waals surface area contributed by atoms with E-state index in [1.54, 1.807) is 12.3 Å². The average molecular weight is 182 g/mol. The van der Waals surface area contributed by atoms with Crippen molar-refractivity contribution in [2.75, 3.05) is 14.1 Å². The number of amidine groups is 1. The Bertz CT molecular complexity index is 261. The number of carbonyl (C=O) groups excluding carboxylic acids is 1. The van der Waals surface area contributed by atoms with Crippen LogP contribution in [0.4, 0.5) is 0 Å². The summed E-state index contributed by atoms with van der Waals surface area (Å²) in [6, 6.07) is 0. The van der Waals surface area contributed by atoms with E-state index < -0.39 is 5.97 Å². The summed E-state index contributed by atoms with van der Waals surface area (Å²) in [5, 5.41) is 8.89. The minimum Gasteiger partial charge on any atom is -0.550 e. The Hall–Kier alpha value is -1.42. The summed E-state index contributed by atoms with van der Waals surface area (Å²) in [5.41, 5.74) is 0. The molecule has 13 heavy (non-hydrogen) atoms. The number of aliphatic carboxylic acids is 1. The minimum atomic E-state index is -1.08. The van der Waals surface area contributed by atoms with Gasteiger partial charge in [-0.2, -0.15) is 4.99 Å². The molecule has 1 rings (SSSR count). The number of carbonyl (C=O) groups is 1. The number of quaternary nitrogens is 1. The zero-order valence-corrected chi connectivity index (χ0v) is 8.15. The van der Waals surface area contributed by atoms with Gasteiger partial charge in [-0.05, 0) is 6.92 Å². The highest BCUT2D eigenvalue weighted by Crippen LogP contribution is 2.09. The van der Waals surface area contributed by atoms with Crippen molar-refractivity contribution >= 4 is 11.8 Å². The highest BCUT2D eigenvalue weighted by atomic mass is 16.4. The van der Waals surface area contributed by atoms with Crippen molar-refractivity contribution in [1.82, 2.24) is 0 Å². The van der Waals surface area contributed by atoms with Gasteiger partial charge in [0.1, 0.15) is 6.20 Å². The molecule has 1 aliphatic heterocycles. The Morgan fingerprint density at radius 2 is 2.15 bits per heavy atom. The van der Waals surface area contributed by atoms with Gasteiger partial charge in [-0.3, -0.25) is 4.48 Å². The molecular formula is C9H14N2O2. The molecular weight excluding hydrogens is 168 g/mol. The van der Waals surface area contributed by atoms with Gasteiger partial charge in [0.15, 0.2) is 0 Å². The lowest BCUT2D eigenvalue weighted by Crippen LogP contribution is -2.36. The summed E-state index contributed by atoms with van der Waals surface area (Å²) in [4.78, 5) is 13.0. The number of hydrogen-bond acceptors (Lipinski definition) is 3. The van der Waals surface area contributed by atoms with E-state index in [2.05, 4.69) is 25.7 Å². The first-order valence-electron chi connectivity index (χ1n) is 3.80. The van der Waals surface area contributed by atoms with Crippen LogP contribution in [0.3, 0.4) is 0 Å². The maximum Gasteiger partial charge on any atom is 0.231 e. The van der Waals surface area contributed by atoms with E-state index in [1.807, 2.05) is 6.20 Å². The van der Waals surface area contributed by atoms with Gasteiger partial charge in [0.05, 0.1) is 20.3 Å². The topological polar surface area (TPSA) is 52.5 Å². The van der Waals surface area contributed by atoms with Crippen molar-refractivity contribution in [2.45, 2.75) is 6.92 Å². The Balaban J connectivity index is 0.000000310. The van der Waals surface area contributed by atoms with Gasteiger partial charge >= 0.3 is 0 Å². The van der Waals surface area contributed by atoms with Crippen LogP contribution in [-0.2, 0) is 4.79 Å². The van der Waals surface area contributed by atoms with Crippen molar-refractivity contribution in [1.29, 1.82) is 0 Å². The molecule has 1 heterocycles. The largest absolute Gasteiger partial charge is 0.550 e. The van der Waals surface area contributed by atoms with Crippen LogP contribution in [0.15, 0.2) is 30.0 Å². The van der Waals surface area contributed by atoms with E-state index in [9.17, 15) is 0 Å². The highest BCUT2D eigenvalue weighted by molar-refractivity contribution is 5.88. The average Bonchev–Trinajstić information content (AvgIpc) is 2.27. The zero-order chi connectivity index (χ0) is 10.5. The van der Waals surface area contributed by atoms with E-state index in [4.69, 9.17) is 9.90 Å². The van der Waals surface area contributed by atoms with Gasteiger partial charge < -0.3 is 9.90 Å². The van der Waals surface area contributed by atoms with Crippen LogP contribution in [0, 0.1) is 0 Å². The van der Waals surface area contributed by atoms with Crippen LogP contribution in [0.1, 0.15) is 6.92 Å². The Kier molecular flexibility index (Phi) is 4.07. The lowest BCUT2D eigenvalue weighted by molar-refractivity contribution is -0.738. The van der Waals surface area contributed by atoms with E-state index >= 15 is 0 Å². The maximum atomic E-state index is 8.89. The van der Waals surface area contributed by atoms with Gasteiger partial charge in [-0.25, -0.2) is 0 Å². The molecule has 0 fully saturated rings. The molecule has 0 spiro atoms. The number of rotatable bonds is 1. The first-order chi connectivity index (χ1) is 5.90. The summed E-state index contributed by atoms with van der Waals surface area (Å²) in [6.45, 7) is 4.62. The van der Waals surface area contributed by atoms with Crippen LogP contribution in [0.25, 0.3) is 0 Å². The lowest BCUT2D eigenvalue weighted by atomic mass is 10.4. The molecule has 0 aliphatic carbocycles. The summed E-state index contributed by atoms with van der Waals surface area (Å²) in [6.07, 6.45) is 5.59. The first kappa shape index (κ1) is 11.6. The molecule has 0 aromatic rings. The van der Waals surface area contributed by atoms with Crippen LogP contribution in [-0.4, -0.2) is 30.4 Å². The van der Waals surface area contributed by atoms with Gasteiger partial charge in [0, 0.05) is 12.0 Å².